The van der Waals surface area contributed by atoms with Crippen LogP contribution in [0.4, 0.5) is 5.82 Å². The van der Waals surface area contributed by atoms with Gasteiger partial charge in [-0.15, -0.1) is 0 Å². The summed E-state index contributed by atoms with van der Waals surface area (Å²) in [5, 5.41) is 13.2. The summed E-state index contributed by atoms with van der Waals surface area (Å²) in [5.41, 5.74) is 2.49. The van der Waals surface area contributed by atoms with Crippen LogP contribution in [0.1, 0.15) is 61.7 Å². The number of amides is 1. The smallest absolute Gasteiger partial charge is 0.308 e. The second kappa shape index (κ2) is 9.37. The van der Waals surface area contributed by atoms with Crippen LogP contribution in [-0.2, 0) is 4.79 Å². The molecule has 6 nitrogen and oxygen atoms in total. The Hall–Kier alpha value is -2.60. The van der Waals surface area contributed by atoms with Crippen LogP contribution in [0.2, 0.25) is 5.02 Å². The fourth-order valence-electron chi connectivity index (χ4n) is 7.98. The van der Waals surface area contributed by atoms with Crippen molar-refractivity contribution in [2.75, 3.05) is 24.5 Å². The molecule has 1 aromatic heterocycles. The first-order chi connectivity index (χ1) is 17.4. The summed E-state index contributed by atoms with van der Waals surface area (Å²) in [6.45, 7) is 1.93. The van der Waals surface area contributed by atoms with Crippen LogP contribution in [0.3, 0.4) is 0 Å². The summed E-state index contributed by atoms with van der Waals surface area (Å²) in [6, 6.07) is 9.41. The normalized spacial score (nSPS) is 30.9. The van der Waals surface area contributed by atoms with E-state index in [4.69, 9.17) is 11.6 Å². The van der Waals surface area contributed by atoms with Gasteiger partial charge in [-0.1, -0.05) is 17.7 Å². The predicted molar refractivity (Wildman–Crippen MR) is 140 cm³/mol. The number of hydrogen-bond donors (Lipinski definition) is 2. The van der Waals surface area contributed by atoms with E-state index >= 15 is 0 Å². The molecule has 4 aliphatic carbocycles. The first-order valence-corrected chi connectivity index (χ1v) is 13.8. The van der Waals surface area contributed by atoms with Crippen molar-refractivity contribution in [1.82, 2.24) is 10.3 Å². The molecule has 0 radical (unpaired) electrons. The molecule has 7 rings (SSSR count). The van der Waals surface area contributed by atoms with Crippen LogP contribution >= 0.6 is 11.6 Å². The topological polar surface area (TPSA) is 82.5 Å². The van der Waals surface area contributed by atoms with Crippen molar-refractivity contribution < 1.29 is 14.7 Å². The number of carbonyl (C=O) groups excluding carboxylic acids is 1. The molecule has 1 atom stereocenters. The van der Waals surface area contributed by atoms with E-state index in [1.165, 1.54) is 38.5 Å². The minimum atomic E-state index is -0.762. The molecule has 5 fully saturated rings. The van der Waals surface area contributed by atoms with Gasteiger partial charge in [0.25, 0.3) is 5.91 Å². The third kappa shape index (κ3) is 4.49. The van der Waals surface area contributed by atoms with E-state index in [2.05, 4.69) is 15.2 Å². The van der Waals surface area contributed by atoms with Gasteiger partial charge in [-0.2, -0.15) is 0 Å². The molecule has 1 amide bonds. The van der Waals surface area contributed by atoms with Gasteiger partial charge in [-0.05, 0) is 104 Å². The highest BCUT2D eigenvalue weighted by atomic mass is 35.5. The van der Waals surface area contributed by atoms with Crippen LogP contribution in [0.15, 0.2) is 36.5 Å². The van der Waals surface area contributed by atoms with Crippen LogP contribution < -0.4 is 10.2 Å². The highest BCUT2D eigenvalue weighted by molar-refractivity contribution is 6.34. The summed E-state index contributed by atoms with van der Waals surface area (Å²) in [4.78, 5) is 31.6. The molecule has 5 aliphatic rings. The number of carboxylic acid groups (broad SMARTS) is 1. The lowest BCUT2D eigenvalue weighted by Crippen LogP contribution is -2.51. The molecule has 36 heavy (non-hydrogen) atoms. The average Bonchev–Trinajstić information content (AvgIpc) is 2.87. The van der Waals surface area contributed by atoms with Crippen molar-refractivity contribution in [1.29, 1.82) is 0 Å². The zero-order chi connectivity index (χ0) is 24.9. The SMILES string of the molecule is O=C(NCC12CC3CC(CC(C3)C1)C2)c1cc(-c2cccnc2N2CCCC(C(=O)O)C2)ccc1Cl. The van der Waals surface area contributed by atoms with E-state index in [9.17, 15) is 14.7 Å². The standard InChI is InChI=1S/C29H34ClN3O3/c30-25-6-5-21(23-4-1-7-31-26(23)33-8-2-3-22(16-33)28(35)36)12-24(25)27(34)32-17-29-13-18-9-19(14-29)11-20(10-18)15-29/h1,4-7,12,18-20,22H,2-3,8-11,13-17H2,(H,32,34)(H,35,36). The summed E-state index contributed by atoms with van der Waals surface area (Å²) in [5.74, 6) is 2.02. The maximum atomic E-state index is 13.4. The Labute approximate surface area is 217 Å². The lowest BCUT2D eigenvalue weighted by molar-refractivity contribution is -0.141. The number of aliphatic carboxylic acids is 1. The Kier molecular flexibility index (Phi) is 6.19. The van der Waals surface area contributed by atoms with Crippen molar-refractivity contribution in [2.24, 2.45) is 29.1 Å². The number of carboxylic acids is 1. The number of aromatic nitrogens is 1. The molecule has 190 valence electrons. The van der Waals surface area contributed by atoms with E-state index in [-0.39, 0.29) is 11.3 Å². The highest BCUT2D eigenvalue weighted by Crippen LogP contribution is 2.59. The Balaban J connectivity index is 1.22. The Morgan fingerprint density at radius 1 is 1.11 bits per heavy atom. The van der Waals surface area contributed by atoms with Gasteiger partial charge in [-0.25, -0.2) is 4.98 Å². The maximum absolute atomic E-state index is 13.4. The van der Waals surface area contributed by atoms with Crippen molar-refractivity contribution >= 4 is 29.3 Å². The molecule has 2 N–H and O–H groups in total. The minimum absolute atomic E-state index is 0.119. The summed E-state index contributed by atoms with van der Waals surface area (Å²) < 4.78 is 0. The van der Waals surface area contributed by atoms with Crippen molar-refractivity contribution in [3.63, 3.8) is 0 Å². The maximum Gasteiger partial charge on any atom is 0.308 e. The number of hydrogen-bond acceptors (Lipinski definition) is 4. The zero-order valence-corrected chi connectivity index (χ0v) is 21.3. The van der Waals surface area contributed by atoms with E-state index < -0.39 is 11.9 Å². The number of nitrogens with one attached hydrogen (secondary N) is 1. The molecule has 1 unspecified atom stereocenters. The fraction of sp³-hybridized carbons (Fsp3) is 0.552. The molecule has 4 bridgehead atoms. The van der Waals surface area contributed by atoms with Crippen molar-refractivity contribution in [3.8, 4) is 11.1 Å². The molecule has 4 saturated carbocycles. The molecule has 1 aliphatic heterocycles. The number of halogens is 1. The molecular weight excluding hydrogens is 474 g/mol. The molecule has 2 aromatic rings. The van der Waals surface area contributed by atoms with Gasteiger partial charge in [0.15, 0.2) is 0 Å². The highest BCUT2D eigenvalue weighted by Gasteiger charge is 2.50. The van der Waals surface area contributed by atoms with Crippen LogP contribution in [0.5, 0.6) is 0 Å². The van der Waals surface area contributed by atoms with Crippen LogP contribution in [0.25, 0.3) is 11.1 Å². The molecular formula is C29H34ClN3O3. The van der Waals surface area contributed by atoms with E-state index in [0.717, 1.165) is 54.2 Å². The summed E-state index contributed by atoms with van der Waals surface area (Å²) >= 11 is 6.52. The summed E-state index contributed by atoms with van der Waals surface area (Å²) in [6.07, 6.45) is 11.1. The quantitative estimate of drug-likeness (QED) is 0.528. The number of nitrogens with zero attached hydrogens (tertiary/aromatic N) is 2. The second-order valence-electron chi connectivity index (χ2n) is 11.8. The van der Waals surface area contributed by atoms with Gasteiger partial charge in [0.05, 0.1) is 16.5 Å². The second-order valence-corrected chi connectivity index (χ2v) is 12.2. The van der Waals surface area contributed by atoms with Crippen LogP contribution in [-0.4, -0.2) is 41.6 Å². The fourth-order valence-corrected chi connectivity index (χ4v) is 8.19. The van der Waals surface area contributed by atoms with Crippen LogP contribution in [0, 0.1) is 29.1 Å². The third-order valence-corrected chi connectivity index (χ3v) is 9.50. The molecule has 7 heteroatoms. The number of rotatable bonds is 6. The largest absolute Gasteiger partial charge is 0.481 e. The van der Waals surface area contributed by atoms with E-state index in [1.54, 1.807) is 12.3 Å². The lowest BCUT2D eigenvalue weighted by Gasteiger charge is -2.56. The number of carbonyl (C=O) groups is 2. The van der Waals surface area contributed by atoms with E-state index in [1.807, 2.05) is 24.3 Å². The molecule has 2 heterocycles. The van der Waals surface area contributed by atoms with Gasteiger partial charge >= 0.3 is 5.97 Å². The predicted octanol–water partition coefficient (Wildman–Crippen LogP) is 5.65. The minimum Gasteiger partial charge on any atom is -0.481 e. The third-order valence-electron chi connectivity index (χ3n) is 9.17. The first kappa shape index (κ1) is 23.8. The first-order valence-electron chi connectivity index (χ1n) is 13.4. The Morgan fingerprint density at radius 3 is 2.53 bits per heavy atom. The van der Waals surface area contributed by atoms with Gasteiger partial charge in [0.1, 0.15) is 5.82 Å². The number of pyridine rings is 1. The zero-order valence-electron chi connectivity index (χ0n) is 20.6. The molecule has 1 aromatic carbocycles. The van der Waals surface area contributed by atoms with Gasteiger partial charge in [0.2, 0.25) is 0 Å². The summed E-state index contributed by atoms with van der Waals surface area (Å²) in [7, 11) is 0. The van der Waals surface area contributed by atoms with Gasteiger partial charge in [0, 0.05) is 31.4 Å². The van der Waals surface area contributed by atoms with Gasteiger partial charge < -0.3 is 15.3 Å². The molecule has 0 spiro atoms. The Bertz CT molecular complexity index is 1150. The lowest BCUT2D eigenvalue weighted by atomic mass is 9.49. The van der Waals surface area contributed by atoms with Crippen molar-refractivity contribution in [2.45, 2.75) is 51.4 Å². The number of anilines is 1. The number of benzene rings is 1. The monoisotopic (exact) mass is 507 g/mol. The van der Waals surface area contributed by atoms with Gasteiger partial charge in [-0.3, -0.25) is 9.59 Å². The van der Waals surface area contributed by atoms with Crippen molar-refractivity contribution in [3.05, 3.63) is 47.1 Å². The number of piperidine rings is 1. The van der Waals surface area contributed by atoms with E-state index in [0.29, 0.717) is 23.6 Å². The Morgan fingerprint density at radius 2 is 1.83 bits per heavy atom. The average molecular weight is 508 g/mol. The molecule has 1 saturated heterocycles.